The van der Waals surface area contributed by atoms with E-state index < -0.39 is 0 Å². The summed E-state index contributed by atoms with van der Waals surface area (Å²) in [6.07, 6.45) is 4.49. The molecule has 0 spiro atoms. The third-order valence-corrected chi connectivity index (χ3v) is 5.71. The highest BCUT2D eigenvalue weighted by molar-refractivity contribution is 7.15. The van der Waals surface area contributed by atoms with Gasteiger partial charge in [0.05, 0.1) is 5.69 Å². The Kier molecular flexibility index (Phi) is 4.87. The lowest BCUT2D eigenvalue weighted by molar-refractivity contribution is -0.120. The highest BCUT2D eigenvalue weighted by Crippen LogP contribution is 2.31. The van der Waals surface area contributed by atoms with Crippen molar-refractivity contribution in [3.63, 3.8) is 0 Å². The first-order chi connectivity index (χ1) is 11.1. The quantitative estimate of drug-likeness (QED) is 0.836. The minimum Gasteiger partial charge on any atom is -0.483 e. The first-order valence-electron chi connectivity index (χ1n) is 7.69. The monoisotopic (exact) mass is 350 g/mol. The van der Waals surface area contributed by atoms with Crippen molar-refractivity contribution in [2.24, 2.45) is 0 Å². The molecule has 6 heteroatoms. The van der Waals surface area contributed by atoms with Crippen LogP contribution in [-0.2, 0) is 17.6 Å². The lowest BCUT2D eigenvalue weighted by Gasteiger charge is -2.15. The van der Waals surface area contributed by atoms with E-state index in [0.717, 1.165) is 29.2 Å². The zero-order valence-electron chi connectivity index (χ0n) is 13.3. The number of amides is 1. The molecule has 3 rings (SSSR count). The minimum atomic E-state index is -0.115. The maximum Gasteiger partial charge on any atom is 0.266 e. The second kappa shape index (κ2) is 6.89. The van der Waals surface area contributed by atoms with Gasteiger partial charge < -0.3 is 4.74 Å². The van der Waals surface area contributed by atoms with Crippen LogP contribution < -0.4 is 9.64 Å². The van der Waals surface area contributed by atoms with Gasteiger partial charge in [0, 0.05) is 22.5 Å². The Labute approximate surface area is 145 Å². The van der Waals surface area contributed by atoms with E-state index in [-0.39, 0.29) is 12.5 Å². The molecule has 1 aliphatic carbocycles. The molecule has 0 aliphatic heterocycles. The summed E-state index contributed by atoms with van der Waals surface area (Å²) in [5.74, 6) is 0.521. The summed E-state index contributed by atoms with van der Waals surface area (Å²) in [7, 11) is 1.75. The number of thiazole rings is 1. The number of carbonyl (C=O) groups excluding carboxylic acids is 1. The Morgan fingerprint density at radius 2 is 2.17 bits per heavy atom. The average molecular weight is 351 g/mol. The molecule has 0 fully saturated rings. The molecule has 0 radical (unpaired) electrons. The Morgan fingerprint density at radius 3 is 2.96 bits per heavy atom. The highest BCUT2D eigenvalue weighted by Gasteiger charge is 2.20. The van der Waals surface area contributed by atoms with E-state index in [1.807, 2.05) is 19.1 Å². The zero-order chi connectivity index (χ0) is 16.4. The number of carbonyl (C=O) groups is 1. The Hall–Kier alpha value is -1.59. The van der Waals surface area contributed by atoms with Crippen LogP contribution in [0.1, 0.15) is 29.0 Å². The lowest BCUT2D eigenvalue weighted by Crippen LogP contribution is -2.31. The predicted octanol–water partition coefficient (Wildman–Crippen LogP) is 4.03. The van der Waals surface area contributed by atoms with Gasteiger partial charge in [-0.2, -0.15) is 0 Å². The lowest BCUT2D eigenvalue weighted by atomic mass is 10.0. The number of halogens is 1. The summed E-state index contributed by atoms with van der Waals surface area (Å²) in [6, 6.07) is 5.43. The Bertz CT molecular complexity index is 706. The van der Waals surface area contributed by atoms with E-state index in [9.17, 15) is 4.79 Å². The van der Waals surface area contributed by atoms with E-state index in [2.05, 4.69) is 4.98 Å². The van der Waals surface area contributed by atoms with Crippen LogP contribution in [0.5, 0.6) is 5.75 Å². The molecule has 1 aromatic heterocycles. The van der Waals surface area contributed by atoms with Gasteiger partial charge in [0.15, 0.2) is 11.7 Å². The number of benzene rings is 1. The summed E-state index contributed by atoms with van der Waals surface area (Å²) in [5, 5.41) is 1.39. The average Bonchev–Trinajstić information content (AvgIpc) is 2.99. The number of anilines is 1. The molecule has 1 amide bonds. The van der Waals surface area contributed by atoms with Gasteiger partial charge in [-0.05, 0) is 44.7 Å². The third kappa shape index (κ3) is 3.51. The molecule has 2 aromatic rings. The smallest absolute Gasteiger partial charge is 0.266 e. The zero-order valence-corrected chi connectivity index (χ0v) is 14.8. The second-order valence-electron chi connectivity index (χ2n) is 5.68. The van der Waals surface area contributed by atoms with Crippen LogP contribution in [0.25, 0.3) is 0 Å². The van der Waals surface area contributed by atoms with Crippen LogP contribution in [0.15, 0.2) is 18.2 Å². The van der Waals surface area contributed by atoms with Crippen LogP contribution >= 0.6 is 22.9 Å². The van der Waals surface area contributed by atoms with Gasteiger partial charge in [0.1, 0.15) is 5.75 Å². The van der Waals surface area contributed by atoms with E-state index in [1.54, 1.807) is 29.4 Å². The number of nitrogens with zero attached hydrogens (tertiary/aromatic N) is 2. The Morgan fingerprint density at radius 1 is 1.39 bits per heavy atom. The number of ether oxygens (including phenoxy) is 1. The minimum absolute atomic E-state index is 0.0259. The fraction of sp³-hybridized carbons (Fsp3) is 0.412. The molecular weight excluding hydrogens is 332 g/mol. The molecule has 1 aromatic carbocycles. The van der Waals surface area contributed by atoms with Crippen molar-refractivity contribution in [1.82, 2.24) is 4.98 Å². The van der Waals surface area contributed by atoms with Crippen LogP contribution in [0.2, 0.25) is 5.02 Å². The van der Waals surface area contributed by atoms with Gasteiger partial charge >= 0.3 is 0 Å². The molecule has 23 heavy (non-hydrogen) atoms. The first kappa shape index (κ1) is 16.3. The van der Waals surface area contributed by atoms with Crippen LogP contribution in [-0.4, -0.2) is 24.5 Å². The van der Waals surface area contributed by atoms with E-state index in [4.69, 9.17) is 16.3 Å². The molecule has 1 aliphatic rings. The van der Waals surface area contributed by atoms with Gasteiger partial charge in [-0.1, -0.05) is 17.7 Å². The van der Waals surface area contributed by atoms with E-state index >= 15 is 0 Å². The van der Waals surface area contributed by atoms with Crippen molar-refractivity contribution in [2.45, 2.75) is 32.6 Å². The molecule has 0 saturated carbocycles. The molecular formula is C17H19ClN2O2S. The summed E-state index contributed by atoms with van der Waals surface area (Å²) in [5.41, 5.74) is 2.00. The predicted molar refractivity (Wildman–Crippen MR) is 93.9 cm³/mol. The normalized spacial score (nSPS) is 13.5. The third-order valence-electron chi connectivity index (χ3n) is 4.06. The Balaban J connectivity index is 1.65. The van der Waals surface area contributed by atoms with Crippen molar-refractivity contribution in [1.29, 1.82) is 0 Å². The SMILES string of the molecule is Cc1c(Cl)cccc1OCC(=O)N(C)c1nc2c(s1)CCCC2. The van der Waals surface area contributed by atoms with Crippen molar-refractivity contribution in [3.05, 3.63) is 39.4 Å². The maximum atomic E-state index is 12.4. The van der Waals surface area contributed by atoms with Crippen molar-refractivity contribution < 1.29 is 9.53 Å². The van der Waals surface area contributed by atoms with E-state index in [0.29, 0.717) is 10.8 Å². The number of aryl methyl sites for hydroxylation is 2. The van der Waals surface area contributed by atoms with Crippen LogP contribution in [0, 0.1) is 6.92 Å². The number of likely N-dealkylation sites (N-methyl/N-ethyl adjacent to an activating group) is 1. The fourth-order valence-electron chi connectivity index (χ4n) is 2.57. The molecule has 0 bridgehead atoms. The molecule has 0 N–H and O–H groups in total. The van der Waals surface area contributed by atoms with Crippen molar-refractivity contribution >= 4 is 34.0 Å². The van der Waals surface area contributed by atoms with Gasteiger partial charge in [-0.25, -0.2) is 4.98 Å². The molecule has 0 atom stereocenters. The van der Waals surface area contributed by atoms with Gasteiger partial charge in [0.25, 0.3) is 5.91 Å². The summed E-state index contributed by atoms with van der Waals surface area (Å²) in [4.78, 5) is 19.9. The number of aromatic nitrogens is 1. The van der Waals surface area contributed by atoms with Crippen molar-refractivity contribution in [2.75, 3.05) is 18.6 Å². The molecule has 0 saturated heterocycles. The standard InChI is InChI=1S/C17H19ClN2O2S/c1-11-12(18)6-5-8-14(11)22-10-16(21)20(2)17-19-13-7-3-4-9-15(13)23-17/h5-6,8H,3-4,7,9-10H2,1-2H3. The fourth-order valence-corrected chi connectivity index (χ4v) is 3.86. The molecule has 0 unspecified atom stereocenters. The number of hydrogen-bond donors (Lipinski definition) is 0. The summed E-state index contributed by atoms with van der Waals surface area (Å²) in [6.45, 7) is 1.85. The number of fused-ring (bicyclic) bond motifs is 1. The first-order valence-corrected chi connectivity index (χ1v) is 8.88. The van der Waals surface area contributed by atoms with Crippen molar-refractivity contribution in [3.8, 4) is 5.75 Å². The van der Waals surface area contributed by atoms with E-state index in [1.165, 1.54) is 17.7 Å². The van der Waals surface area contributed by atoms with Gasteiger partial charge in [0.2, 0.25) is 0 Å². The largest absolute Gasteiger partial charge is 0.483 e. The molecule has 122 valence electrons. The number of rotatable bonds is 4. The van der Waals surface area contributed by atoms with Gasteiger partial charge in [-0.3, -0.25) is 9.69 Å². The van der Waals surface area contributed by atoms with Gasteiger partial charge in [-0.15, -0.1) is 11.3 Å². The van der Waals surface area contributed by atoms with Crippen LogP contribution in [0.4, 0.5) is 5.13 Å². The topological polar surface area (TPSA) is 42.4 Å². The summed E-state index contributed by atoms with van der Waals surface area (Å²) < 4.78 is 5.63. The number of hydrogen-bond acceptors (Lipinski definition) is 4. The second-order valence-corrected chi connectivity index (χ2v) is 7.15. The summed E-state index contributed by atoms with van der Waals surface area (Å²) >= 11 is 7.68. The highest BCUT2D eigenvalue weighted by atomic mass is 35.5. The maximum absolute atomic E-state index is 12.4. The molecule has 4 nitrogen and oxygen atoms in total. The molecule has 1 heterocycles. The van der Waals surface area contributed by atoms with Crippen LogP contribution in [0.3, 0.4) is 0 Å².